The summed E-state index contributed by atoms with van der Waals surface area (Å²) in [5.41, 5.74) is 1.57. The molecule has 6 nitrogen and oxygen atoms in total. The number of halogens is 1. The molecule has 0 fully saturated rings. The molecule has 2 aromatic carbocycles. The Hall–Kier alpha value is -3.22. The maximum Gasteiger partial charge on any atom is 0.337 e. The summed E-state index contributed by atoms with van der Waals surface area (Å²) in [4.78, 5) is 36.8. The lowest BCUT2D eigenvalue weighted by Crippen LogP contribution is -2.38. The second kappa shape index (κ2) is 9.47. The van der Waals surface area contributed by atoms with Gasteiger partial charge in [0, 0.05) is 25.7 Å². The highest BCUT2D eigenvalue weighted by Gasteiger charge is 2.13. The first kappa shape index (κ1) is 20.1. The number of rotatable bonds is 7. The molecule has 27 heavy (non-hydrogen) atoms. The lowest BCUT2D eigenvalue weighted by molar-refractivity contribution is -0.121. The van der Waals surface area contributed by atoms with Crippen LogP contribution in [0.3, 0.4) is 0 Å². The van der Waals surface area contributed by atoms with Crippen LogP contribution in [0.4, 0.5) is 10.1 Å². The molecule has 7 heteroatoms. The molecule has 2 amide bonds. The Kier molecular flexibility index (Phi) is 7.05. The van der Waals surface area contributed by atoms with Crippen LogP contribution in [0.1, 0.15) is 22.8 Å². The van der Waals surface area contributed by atoms with Gasteiger partial charge in [-0.3, -0.25) is 9.59 Å². The van der Waals surface area contributed by atoms with Gasteiger partial charge in [-0.1, -0.05) is 12.1 Å². The molecule has 2 rings (SSSR count). The van der Waals surface area contributed by atoms with Crippen molar-refractivity contribution in [3.63, 3.8) is 0 Å². The van der Waals surface area contributed by atoms with E-state index in [1.807, 2.05) is 0 Å². The molecule has 0 spiro atoms. The number of ether oxygens (including phenoxy) is 1. The average molecular weight is 372 g/mol. The molecule has 1 N–H and O–H groups in total. The number of nitrogens with one attached hydrogen (secondary N) is 1. The highest BCUT2D eigenvalue weighted by Crippen LogP contribution is 2.16. The van der Waals surface area contributed by atoms with Crippen molar-refractivity contribution in [2.75, 3.05) is 25.1 Å². The molecule has 0 unspecified atom stereocenters. The smallest absolute Gasteiger partial charge is 0.337 e. The van der Waals surface area contributed by atoms with E-state index in [4.69, 9.17) is 0 Å². The minimum Gasteiger partial charge on any atom is -0.465 e. The maximum absolute atomic E-state index is 13.1. The molecular weight excluding hydrogens is 351 g/mol. The van der Waals surface area contributed by atoms with Gasteiger partial charge in [0.1, 0.15) is 5.82 Å². The van der Waals surface area contributed by atoms with Crippen LogP contribution in [0, 0.1) is 5.82 Å². The van der Waals surface area contributed by atoms with Crippen molar-refractivity contribution < 1.29 is 23.5 Å². The number of carbonyl (C=O) groups excluding carboxylic acids is 3. The van der Waals surface area contributed by atoms with Crippen LogP contribution in [0.15, 0.2) is 48.5 Å². The van der Waals surface area contributed by atoms with E-state index in [1.54, 1.807) is 36.4 Å². The Morgan fingerprint density at radius 3 is 2.41 bits per heavy atom. The molecule has 0 atom stereocenters. The first-order valence-corrected chi connectivity index (χ1v) is 8.38. The zero-order chi connectivity index (χ0) is 19.8. The number of methoxy groups -OCH3 is 1. The number of hydrogen-bond acceptors (Lipinski definition) is 4. The predicted molar refractivity (Wildman–Crippen MR) is 98.9 cm³/mol. The van der Waals surface area contributed by atoms with E-state index in [2.05, 4.69) is 10.1 Å². The molecule has 142 valence electrons. The second-order valence-electron chi connectivity index (χ2n) is 5.87. The molecule has 0 radical (unpaired) electrons. The molecule has 0 heterocycles. The number of esters is 1. The van der Waals surface area contributed by atoms with Gasteiger partial charge < -0.3 is 15.0 Å². The highest BCUT2D eigenvalue weighted by molar-refractivity contribution is 5.93. The Bertz CT molecular complexity index is 821. The summed E-state index contributed by atoms with van der Waals surface area (Å²) in [6, 6.07) is 12.3. The number of anilines is 1. The normalized spacial score (nSPS) is 10.2. The van der Waals surface area contributed by atoms with Crippen molar-refractivity contribution in [1.29, 1.82) is 0 Å². The van der Waals surface area contributed by atoms with Crippen LogP contribution < -0.4 is 10.2 Å². The number of nitrogens with zero attached hydrogens (tertiary/aromatic N) is 1. The van der Waals surface area contributed by atoms with E-state index in [-0.39, 0.29) is 31.3 Å². The maximum atomic E-state index is 13.1. The van der Waals surface area contributed by atoms with Crippen LogP contribution in [-0.4, -0.2) is 38.0 Å². The zero-order valence-electron chi connectivity index (χ0n) is 15.2. The van der Waals surface area contributed by atoms with Gasteiger partial charge in [-0.05, 0) is 42.0 Å². The Morgan fingerprint density at radius 1 is 1.11 bits per heavy atom. The molecule has 0 aromatic heterocycles. The van der Waals surface area contributed by atoms with Gasteiger partial charge >= 0.3 is 5.97 Å². The molecule has 0 aliphatic rings. The van der Waals surface area contributed by atoms with Crippen LogP contribution in [0.2, 0.25) is 0 Å². The third kappa shape index (κ3) is 5.91. The van der Waals surface area contributed by atoms with Crippen LogP contribution in [0.5, 0.6) is 0 Å². The van der Waals surface area contributed by atoms with Gasteiger partial charge in [-0.25, -0.2) is 9.18 Å². The minimum absolute atomic E-state index is 0.0612. The van der Waals surface area contributed by atoms with Gasteiger partial charge in [0.2, 0.25) is 11.8 Å². The van der Waals surface area contributed by atoms with Crippen LogP contribution in [0.25, 0.3) is 0 Å². The Morgan fingerprint density at radius 2 is 1.81 bits per heavy atom. The van der Waals surface area contributed by atoms with Gasteiger partial charge in [-0.2, -0.15) is 0 Å². The molecule has 0 saturated heterocycles. The monoisotopic (exact) mass is 372 g/mol. The molecule has 2 aromatic rings. The fourth-order valence-corrected chi connectivity index (χ4v) is 2.57. The van der Waals surface area contributed by atoms with Crippen molar-refractivity contribution in [2.45, 2.75) is 13.3 Å². The number of benzene rings is 2. The zero-order valence-corrected chi connectivity index (χ0v) is 15.2. The summed E-state index contributed by atoms with van der Waals surface area (Å²) < 4.78 is 17.8. The number of hydrogen-bond donors (Lipinski definition) is 1. The number of amides is 2. The third-order valence-corrected chi connectivity index (χ3v) is 3.89. The van der Waals surface area contributed by atoms with Crippen molar-refractivity contribution in [2.24, 2.45) is 0 Å². The van der Waals surface area contributed by atoms with E-state index in [0.29, 0.717) is 16.8 Å². The van der Waals surface area contributed by atoms with Crippen molar-refractivity contribution in [3.05, 3.63) is 65.5 Å². The first-order chi connectivity index (χ1) is 12.9. The van der Waals surface area contributed by atoms with Gasteiger partial charge in [0.25, 0.3) is 0 Å². The summed E-state index contributed by atoms with van der Waals surface area (Å²) in [6.45, 7) is 1.93. The average Bonchev–Trinajstić information content (AvgIpc) is 2.64. The SMILES string of the molecule is COC(=O)c1ccc(N(CCNC(=O)Cc2cccc(F)c2)C(C)=O)cc1. The second-order valence-corrected chi connectivity index (χ2v) is 5.87. The molecule has 0 aliphatic carbocycles. The largest absolute Gasteiger partial charge is 0.465 e. The summed E-state index contributed by atoms with van der Waals surface area (Å²) >= 11 is 0. The summed E-state index contributed by atoms with van der Waals surface area (Å²) in [5.74, 6) is -1.30. The van der Waals surface area contributed by atoms with Crippen molar-refractivity contribution in [3.8, 4) is 0 Å². The third-order valence-electron chi connectivity index (χ3n) is 3.89. The van der Waals surface area contributed by atoms with E-state index >= 15 is 0 Å². The standard InChI is InChI=1S/C20H21FN2O4/c1-14(24)23(18-8-6-16(7-9-18)20(26)27-2)11-10-22-19(25)13-15-4-3-5-17(21)12-15/h3-9,12H,10-11,13H2,1-2H3,(H,22,25). The molecule has 0 aliphatic heterocycles. The topological polar surface area (TPSA) is 75.7 Å². The summed E-state index contributed by atoms with van der Waals surface area (Å²) in [5, 5.41) is 2.72. The minimum atomic E-state index is -0.458. The highest BCUT2D eigenvalue weighted by atomic mass is 19.1. The fraction of sp³-hybridized carbons (Fsp3) is 0.250. The lowest BCUT2D eigenvalue weighted by atomic mass is 10.1. The van der Waals surface area contributed by atoms with Crippen molar-refractivity contribution >= 4 is 23.5 Å². The summed E-state index contributed by atoms with van der Waals surface area (Å²) in [6.07, 6.45) is 0.0612. The Balaban J connectivity index is 1.91. The quantitative estimate of drug-likeness (QED) is 0.757. The van der Waals surface area contributed by atoms with E-state index in [9.17, 15) is 18.8 Å². The van der Waals surface area contributed by atoms with Gasteiger partial charge in [0.15, 0.2) is 0 Å². The fourth-order valence-electron chi connectivity index (χ4n) is 2.57. The lowest BCUT2D eigenvalue weighted by Gasteiger charge is -2.21. The molecular formula is C20H21FN2O4. The first-order valence-electron chi connectivity index (χ1n) is 8.38. The predicted octanol–water partition coefficient (Wildman–Crippen LogP) is 2.32. The van der Waals surface area contributed by atoms with E-state index < -0.39 is 11.8 Å². The van der Waals surface area contributed by atoms with Crippen molar-refractivity contribution in [1.82, 2.24) is 5.32 Å². The number of carbonyl (C=O) groups is 3. The van der Waals surface area contributed by atoms with Crippen LogP contribution in [-0.2, 0) is 20.7 Å². The summed E-state index contributed by atoms with van der Waals surface area (Å²) in [7, 11) is 1.30. The Labute approximate surface area is 156 Å². The van der Waals surface area contributed by atoms with Gasteiger partial charge in [-0.15, -0.1) is 0 Å². The molecule has 0 bridgehead atoms. The molecule has 0 saturated carbocycles. The van der Waals surface area contributed by atoms with Crippen LogP contribution >= 0.6 is 0 Å². The van der Waals surface area contributed by atoms with E-state index in [1.165, 1.54) is 31.1 Å². The van der Waals surface area contributed by atoms with E-state index in [0.717, 1.165) is 0 Å². The van der Waals surface area contributed by atoms with Gasteiger partial charge in [0.05, 0.1) is 19.1 Å².